The molecule has 1 saturated carbocycles. The largest absolute Gasteiger partial charge is 0.492 e. The van der Waals surface area contributed by atoms with Gasteiger partial charge in [-0.3, -0.25) is 14.5 Å². The number of hydrogen-bond acceptors (Lipinski definition) is 5. The van der Waals surface area contributed by atoms with Gasteiger partial charge in [-0.05, 0) is 43.4 Å². The van der Waals surface area contributed by atoms with Gasteiger partial charge in [0.25, 0.3) is 5.92 Å². The van der Waals surface area contributed by atoms with Gasteiger partial charge in [0.1, 0.15) is 11.6 Å². The molecule has 0 bridgehead atoms. The first-order valence-electron chi connectivity index (χ1n) is 10.9. The molecule has 2 aromatic rings. The molecule has 9 heteroatoms. The van der Waals surface area contributed by atoms with E-state index in [0.717, 1.165) is 0 Å². The maximum absolute atomic E-state index is 14.7. The predicted octanol–water partition coefficient (Wildman–Crippen LogP) is 3.02. The van der Waals surface area contributed by atoms with Crippen molar-refractivity contribution in [2.75, 3.05) is 25.0 Å². The Kier molecular flexibility index (Phi) is 6.28. The van der Waals surface area contributed by atoms with Crippen LogP contribution in [0.25, 0.3) is 0 Å². The third-order valence-electron chi connectivity index (χ3n) is 6.27. The number of aromatic nitrogens is 2. The molecule has 0 radical (unpaired) electrons. The second-order valence-corrected chi connectivity index (χ2v) is 8.77. The predicted molar refractivity (Wildman–Crippen MR) is 116 cm³/mol. The fourth-order valence-electron chi connectivity index (χ4n) is 3.88. The average Bonchev–Trinajstić information content (AvgIpc) is 3.59. The Morgan fingerprint density at radius 3 is 2.75 bits per heavy atom. The van der Waals surface area contributed by atoms with Crippen molar-refractivity contribution >= 4 is 11.7 Å². The third-order valence-corrected chi connectivity index (χ3v) is 6.27. The molecular formula is C23H28F2N4O3. The van der Waals surface area contributed by atoms with E-state index in [1.165, 1.54) is 42.8 Å². The maximum atomic E-state index is 14.7. The highest BCUT2D eigenvalue weighted by Crippen LogP contribution is 2.40. The van der Waals surface area contributed by atoms with E-state index in [2.05, 4.69) is 10.3 Å². The van der Waals surface area contributed by atoms with E-state index in [9.17, 15) is 18.4 Å². The summed E-state index contributed by atoms with van der Waals surface area (Å²) in [7, 11) is 1.54. The van der Waals surface area contributed by atoms with E-state index in [4.69, 9.17) is 4.74 Å². The molecule has 2 aliphatic rings. The molecule has 1 N–H and O–H groups in total. The highest BCUT2D eigenvalue weighted by atomic mass is 19.3. The molecule has 1 aliphatic carbocycles. The number of halogens is 2. The lowest BCUT2D eigenvalue weighted by Gasteiger charge is -2.40. The van der Waals surface area contributed by atoms with Gasteiger partial charge in [-0.1, -0.05) is 6.07 Å². The van der Waals surface area contributed by atoms with Crippen LogP contribution in [0, 0.1) is 5.92 Å². The second kappa shape index (κ2) is 8.97. The van der Waals surface area contributed by atoms with Gasteiger partial charge in [-0.15, -0.1) is 0 Å². The van der Waals surface area contributed by atoms with Gasteiger partial charge in [-0.2, -0.15) is 0 Å². The lowest BCUT2D eigenvalue weighted by Crippen LogP contribution is -2.52. The van der Waals surface area contributed by atoms with Crippen molar-refractivity contribution in [1.82, 2.24) is 14.5 Å². The summed E-state index contributed by atoms with van der Waals surface area (Å²) < 4.78 is 36.3. The van der Waals surface area contributed by atoms with Crippen LogP contribution in [0.4, 0.5) is 14.6 Å². The number of anilines is 1. The fourth-order valence-corrected chi connectivity index (χ4v) is 3.88. The highest BCUT2D eigenvalue weighted by molar-refractivity contribution is 5.93. The van der Waals surface area contributed by atoms with E-state index in [0.29, 0.717) is 29.7 Å². The average molecular weight is 446 g/mol. The number of rotatable bonds is 7. The number of pyridine rings is 2. The molecule has 2 aromatic heterocycles. The standard InChI is InChI=1S/C23H28F2N4O3/c1-15(22(31)27-20-7-6-18(11-26-20)32-14-16-3-4-16)29-10-9-23(24,25)19(13-29)17-5-8-21(30)28(2)12-17/h5-8,11-12,15-16,19H,3-4,9-10,13-14H2,1-2H3,(H,26,27,31)/t15?,19-/m1/s1. The zero-order valence-electron chi connectivity index (χ0n) is 18.3. The van der Waals surface area contributed by atoms with Gasteiger partial charge < -0.3 is 14.6 Å². The summed E-state index contributed by atoms with van der Waals surface area (Å²) in [6.45, 7) is 2.50. The van der Waals surface area contributed by atoms with Crippen molar-refractivity contribution in [3.63, 3.8) is 0 Å². The van der Waals surface area contributed by atoms with Gasteiger partial charge in [0.2, 0.25) is 11.5 Å². The van der Waals surface area contributed by atoms with E-state index in [1.807, 2.05) is 0 Å². The molecule has 7 nitrogen and oxygen atoms in total. The van der Waals surface area contributed by atoms with Crippen molar-refractivity contribution in [2.45, 2.75) is 44.1 Å². The molecule has 1 aliphatic heterocycles. The van der Waals surface area contributed by atoms with Crippen LogP contribution in [-0.2, 0) is 11.8 Å². The lowest BCUT2D eigenvalue weighted by atomic mass is 9.87. The van der Waals surface area contributed by atoms with Gasteiger partial charge >= 0.3 is 0 Å². The number of nitrogens with zero attached hydrogens (tertiary/aromatic N) is 3. The van der Waals surface area contributed by atoms with Gasteiger partial charge in [0.05, 0.1) is 24.8 Å². The van der Waals surface area contributed by atoms with Crippen molar-refractivity contribution in [3.05, 3.63) is 52.6 Å². The topological polar surface area (TPSA) is 76.5 Å². The molecule has 1 amide bonds. The number of carbonyl (C=O) groups excluding carboxylic acids is 1. The number of piperidine rings is 1. The molecule has 3 heterocycles. The number of hydrogen-bond donors (Lipinski definition) is 1. The highest BCUT2D eigenvalue weighted by Gasteiger charge is 2.46. The van der Waals surface area contributed by atoms with Crippen molar-refractivity contribution in [3.8, 4) is 5.75 Å². The molecule has 0 spiro atoms. The first-order valence-corrected chi connectivity index (χ1v) is 10.9. The minimum Gasteiger partial charge on any atom is -0.492 e. The number of amides is 1. The van der Waals surface area contributed by atoms with Crippen LogP contribution in [0.15, 0.2) is 41.5 Å². The summed E-state index contributed by atoms with van der Waals surface area (Å²) in [6.07, 6.45) is 5.06. The van der Waals surface area contributed by atoms with E-state index < -0.39 is 17.9 Å². The summed E-state index contributed by atoms with van der Waals surface area (Å²) in [5.41, 5.74) is 0.131. The fraction of sp³-hybridized carbons (Fsp3) is 0.522. The molecule has 0 aromatic carbocycles. The Hall–Kier alpha value is -2.81. The molecule has 1 saturated heterocycles. The normalized spacial score (nSPS) is 21.7. The lowest BCUT2D eigenvalue weighted by molar-refractivity contribution is -0.125. The van der Waals surface area contributed by atoms with Crippen LogP contribution >= 0.6 is 0 Å². The van der Waals surface area contributed by atoms with Crippen molar-refractivity contribution < 1.29 is 18.3 Å². The molecule has 2 fully saturated rings. The minimum atomic E-state index is -2.91. The van der Waals surface area contributed by atoms with E-state index in [1.54, 1.807) is 30.2 Å². The number of aryl methyl sites for hydroxylation is 1. The summed E-state index contributed by atoms with van der Waals surface area (Å²) in [5.74, 6) is -2.65. The van der Waals surface area contributed by atoms with Crippen LogP contribution in [-0.4, -0.2) is 52.0 Å². The zero-order chi connectivity index (χ0) is 22.9. The molecule has 1 unspecified atom stereocenters. The monoisotopic (exact) mass is 446 g/mol. The molecule has 32 heavy (non-hydrogen) atoms. The van der Waals surface area contributed by atoms with Crippen LogP contribution < -0.4 is 15.6 Å². The minimum absolute atomic E-state index is 0.0150. The van der Waals surface area contributed by atoms with Crippen LogP contribution in [0.5, 0.6) is 5.75 Å². The van der Waals surface area contributed by atoms with Crippen molar-refractivity contribution in [2.24, 2.45) is 13.0 Å². The van der Waals surface area contributed by atoms with Gasteiger partial charge in [0.15, 0.2) is 0 Å². The Morgan fingerprint density at radius 2 is 2.09 bits per heavy atom. The number of ether oxygens (including phenoxy) is 1. The number of carbonyl (C=O) groups is 1. The second-order valence-electron chi connectivity index (χ2n) is 8.77. The van der Waals surface area contributed by atoms with Crippen molar-refractivity contribution in [1.29, 1.82) is 0 Å². The molecule has 4 rings (SSSR count). The summed E-state index contributed by atoms with van der Waals surface area (Å²) in [4.78, 5) is 30.4. The summed E-state index contributed by atoms with van der Waals surface area (Å²) in [6, 6.07) is 5.56. The van der Waals surface area contributed by atoms with Gasteiger partial charge in [0, 0.05) is 38.8 Å². The Labute approximate surface area is 185 Å². The SMILES string of the molecule is CC(C(=O)Nc1ccc(OCC2CC2)cn1)N1CCC(F)(F)[C@@H](c2ccc(=O)n(C)c2)C1. The molecule has 2 atom stereocenters. The first kappa shape index (κ1) is 22.4. The number of nitrogens with one attached hydrogen (secondary N) is 1. The van der Waals surface area contributed by atoms with Crippen LogP contribution in [0.1, 0.15) is 37.7 Å². The summed E-state index contributed by atoms with van der Waals surface area (Å²) in [5, 5.41) is 2.76. The first-order chi connectivity index (χ1) is 15.2. The number of likely N-dealkylation sites (tertiary alicyclic amines) is 1. The van der Waals surface area contributed by atoms with E-state index >= 15 is 0 Å². The Bertz CT molecular complexity index is 1020. The third kappa shape index (κ3) is 5.15. The smallest absolute Gasteiger partial charge is 0.257 e. The Morgan fingerprint density at radius 1 is 1.31 bits per heavy atom. The van der Waals surface area contributed by atoms with Crippen LogP contribution in [0.3, 0.4) is 0 Å². The Balaban J connectivity index is 1.39. The summed E-state index contributed by atoms with van der Waals surface area (Å²) >= 11 is 0. The maximum Gasteiger partial charge on any atom is 0.257 e. The van der Waals surface area contributed by atoms with E-state index in [-0.39, 0.29) is 31.0 Å². The van der Waals surface area contributed by atoms with Gasteiger partial charge in [-0.25, -0.2) is 13.8 Å². The number of alkyl halides is 2. The van der Waals surface area contributed by atoms with Crippen LogP contribution in [0.2, 0.25) is 0 Å². The molecule has 172 valence electrons. The molecular weight excluding hydrogens is 418 g/mol. The zero-order valence-corrected chi connectivity index (χ0v) is 18.3. The quantitative estimate of drug-likeness (QED) is 0.708.